The number of unbranched alkanes of at least 4 members (excludes halogenated alkanes) is 43. The molecule has 3 atom stereocenters. The van der Waals surface area contributed by atoms with Gasteiger partial charge in [-0.1, -0.05) is 295 Å². The smallest absolute Gasteiger partial charge is 0.305 e. The Kier molecular flexibility index (Phi) is 57.8. The van der Waals surface area contributed by atoms with Gasteiger partial charge < -0.3 is 25.4 Å². The van der Waals surface area contributed by atoms with Crippen LogP contribution in [-0.2, 0) is 14.3 Å². The molecule has 7 heteroatoms. The Morgan fingerprint density at radius 1 is 0.408 bits per heavy atom. The Balaban J connectivity index is 3.40. The molecule has 0 aliphatic rings. The molecule has 420 valence electrons. The van der Waals surface area contributed by atoms with E-state index in [0.717, 1.165) is 64.2 Å². The summed E-state index contributed by atoms with van der Waals surface area (Å²) in [5, 5.41) is 33.7. The predicted molar refractivity (Wildman–Crippen MR) is 307 cm³/mol. The van der Waals surface area contributed by atoms with Crippen molar-refractivity contribution in [1.82, 2.24) is 5.32 Å². The van der Waals surface area contributed by atoms with E-state index >= 15 is 0 Å². The van der Waals surface area contributed by atoms with Crippen molar-refractivity contribution in [1.29, 1.82) is 0 Å². The summed E-state index contributed by atoms with van der Waals surface area (Å²) >= 11 is 0. The number of carbonyl (C=O) groups is 2. The molecule has 71 heavy (non-hydrogen) atoms. The molecular formula is C64H123NO6. The van der Waals surface area contributed by atoms with E-state index in [9.17, 15) is 24.9 Å². The van der Waals surface area contributed by atoms with E-state index in [-0.39, 0.29) is 18.5 Å². The maximum absolute atomic E-state index is 12.5. The molecule has 3 unspecified atom stereocenters. The molecule has 1 amide bonds. The van der Waals surface area contributed by atoms with Gasteiger partial charge in [-0.05, 0) is 57.8 Å². The molecule has 0 saturated heterocycles. The van der Waals surface area contributed by atoms with Crippen LogP contribution in [0.4, 0.5) is 0 Å². The zero-order valence-electron chi connectivity index (χ0n) is 47.6. The minimum Gasteiger partial charge on any atom is -0.466 e. The van der Waals surface area contributed by atoms with Crippen LogP contribution in [0.25, 0.3) is 0 Å². The van der Waals surface area contributed by atoms with Crippen molar-refractivity contribution in [3.05, 3.63) is 24.3 Å². The molecule has 0 aromatic carbocycles. The Hall–Kier alpha value is -1.70. The van der Waals surface area contributed by atoms with E-state index in [0.29, 0.717) is 25.9 Å². The van der Waals surface area contributed by atoms with Crippen molar-refractivity contribution in [2.45, 2.75) is 360 Å². The van der Waals surface area contributed by atoms with Crippen molar-refractivity contribution < 1.29 is 29.6 Å². The Bertz CT molecular complexity index is 1130. The largest absolute Gasteiger partial charge is 0.466 e. The fraction of sp³-hybridized carbons (Fsp3) is 0.906. The van der Waals surface area contributed by atoms with Gasteiger partial charge in [-0.15, -0.1) is 0 Å². The first kappa shape index (κ1) is 69.3. The monoisotopic (exact) mass is 1000 g/mol. The highest BCUT2D eigenvalue weighted by Gasteiger charge is 2.26. The molecule has 0 radical (unpaired) electrons. The molecule has 0 aliphatic carbocycles. The van der Waals surface area contributed by atoms with Crippen molar-refractivity contribution in [2.24, 2.45) is 0 Å². The van der Waals surface area contributed by atoms with E-state index in [1.54, 1.807) is 0 Å². The molecule has 0 saturated carbocycles. The minimum atomic E-state index is -1.14. The number of rotatable bonds is 59. The van der Waals surface area contributed by atoms with Gasteiger partial charge >= 0.3 is 5.97 Å². The SMILES string of the molecule is CCCCC/C=C\C/C=C\CCCCCCCC(=O)OCCCCCCCCCCCCCCCCCCCCCCCCCCCC(=O)NC(CO)C(O)C(O)CCCCCCCCCCCCCC. The van der Waals surface area contributed by atoms with Gasteiger partial charge in [0.2, 0.25) is 5.91 Å². The third-order valence-corrected chi connectivity index (χ3v) is 14.8. The first-order valence-corrected chi connectivity index (χ1v) is 31.7. The second-order valence-electron chi connectivity index (χ2n) is 21.9. The summed E-state index contributed by atoms with van der Waals surface area (Å²) in [5.41, 5.74) is 0. The molecular weight excluding hydrogens is 879 g/mol. The topological polar surface area (TPSA) is 116 Å². The van der Waals surface area contributed by atoms with E-state index in [4.69, 9.17) is 4.74 Å². The normalized spacial score (nSPS) is 13.1. The number of aliphatic hydroxyl groups is 3. The lowest BCUT2D eigenvalue weighted by molar-refractivity contribution is -0.143. The maximum Gasteiger partial charge on any atom is 0.305 e. The van der Waals surface area contributed by atoms with Crippen molar-refractivity contribution in [3.8, 4) is 0 Å². The predicted octanol–water partition coefficient (Wildman–Crippen LogP) is 18.8. The second-order valence-corrected chi connectivity index (χ2v) is 21.9. The molecule has 7 nitrogen and oxygen atoms in total. The lowest BCUT2D eigenvalue weighted by atomic mass is 9.99. The number of nitrogens with one attached hydrogen (secondary N) is 1. The highest BCUT2D eigenvalue weighted by Crippen LogP contribution is 2.18. The van der Waals surface area contributed by atoms with E-state index < -0.39 is 18.2 Å². The van der Waals surface area contributed by atoms with Crippen LogP contribution in [0.15, 0.2) is 24.3 Å². The zero-order chi connectivity index (χ0) is 51.6. The Morgan fingerprint density at radius 2 is 0.732 bits per heavy atom. The van der Waals surface area contributed by atoms with Crippen LogP contribution in [0.3, 0.4) is 0 Å². The molecule has 0 spiro atoms. The standard InChI is InChI=1S/C64H123NO6/c1-3-5-7-9-11-13-15-17-29-33-37-41-45-49-53-57-63(69)71-58-54-50-46-42-38-34-31-28-26-24-22-20-18-19-21-23-25-27-30-32-36-40-44-48-52-56-62(68)65-60(59-66)64(70)61(67)55-51-47-43-39-35-16-14-12-10-8-6-4-2/h11,13,17,29,60-61,64,66-67,70H,3-10,12,14-16,18-28,30-59H2,1-2H3,(H,65,68)/b13-11-,29-17-. The van der Waals surface area contributed by atoms with Gasteiger partial charge in [-0.3, -0.25) is 9.59 Å². The maximum atomic E-state index is 12.5. The summed E-state index contributed by atoms with van der Waals surface area (Å²) in [6.45, 7) is 4.75. The molecule has 0 fully saturated rings. The second kappa shape index (κ2) is 59.2. The van der Waals surface area contributed by atoms with Crippen LogP contribution in [0.1, 0.15) is 341 Å². The van der Waals surface area contributed by atoms with Crippen LogP contribution in [-0.4, -0.2) is 58.7 Å². The van der Waals surface area contributed by atoms with Crippen molar-refractivity contribution >= 4 is 11.9 Å². The molecule has 0 heterocycles. The molecule has 0 aliphatic heterocycles. The summed E-state index contributed by atoms with van der Waals surface area (Å²) in [7, 11) is 0. The fourth-order valence-electron chi connectivity index (χ4n) is 9.94. The fourth-order valence-corrected chi connectivity index (χ4v) is 9.94. The number of hydrogen-bond acceptors (Lipinski definition) is 6. The van der Waals surface area contributed by atoms with Crippen molar-refractivity contribution in [2.75, 3.05) is 13.2 Å². The highest BCUT2D eigenvalue weighted by atomic mass is 16.5. The lowest BCUT2D eigenvalue weighted by Gasteiger charge is -2.26. The van der Waals surface area contributed by atoms with Gasteiger partial charge in [0.15, 0.2) is 0 Å². The van der Waals surface area contributed by atoms with Crippen LogP contribution in [0.5, 0.6) is 0 Å². The van der Waals surface area contributed by atoms with Gasteiger partial charge in [0.1, 0.15) is 6.10 Å². The van der Waals surface area contributed by atoms with Gasteiger partial charge in [0.25, 0.3) is 0 Å². The number of allylic oxidation sites excluding steroid dienone is 4. The quantitative estimate of drug-likeness (QED) is 0.0274. The molecule has 0 rings (SSSR count). The van der Waals surface area contributed by atoms with Gasteiger partial charge in [-0.25, -0.2) is 0 Å². The number of amides is 1. The van der Waals surface area contributed by atoms with Crippen LogP contribution in [0, 0.1) is 0 Å². The van der Waals surface area contributed by atoms with E-state index in [2.05, 4.69) is 43.5 Å². The minimum absolute atomic E-state index is 0.000693. The van der Waals surface area contributed by atoms with Gasteiger partial charge in [0.05, 0.1) is 25.4 Å². The number of esters is 1. The zero-order valence-corrected chi connectivity index (χ0v) is 47.6. The summed E-state index contributed by atoms with van der Waals surface area (Å²) in [6, 6.07) is -0.812. The van der Waals surface area contributed by atoms with Gasteiger partial charge in [0, 0.05) is 12.8 Å². The third-order valence-electron chi connectivity index (χ3n) is 14.8. The molecule has 4 N–H and O–H groups in total. The van der Waals surface area contributed by atoms with E-state index in [1.807, 2.05) is 0 Å². The summed E-state index contributed by atoms with van der Waals surface area (Å²) in [5.74, 6) is -0.146. The summed E-state index contributed by atoms with van der Waals surface area (Å²) < 4.78 is 5.48. The average Bonchev–Trinajstić information content (AvgIpc) is 3.37. The van der Waals surface area contributed by atoms with Crippen LogP contribution in [0.2, 0.25) is 0 Å². The number of carbonyl (C=O) groups excluding carboxylic acids is 2. The summed E-state index contributed by atoms with van der Waals surface area (Å²) in [6.07, 6.45) is 69.4. The first-order valence-electron chi connectivity index (χ1n) is 31.7. The Morgan fingerprint density at radius 3 is 1.14 bits per heavy atom. The number of ether oxygens (including phenoxy) is 1. The number of hydrogen-bond donors (Lipinski definition) is 4. The highest BCUT2D eigenvalue weighted by molar-refractivity contribution is 5.76. The summed E-state index contributed by atoms with van der Waals surface area (Å²) in [4.78, 5) is 24.5. The molecule has 0 aromatic rings. The van der Waals surface area contributed by atoms with Crippen molar-refractivity contribution in [3.63, 3.8) is 0 Å². The first-order chi connectivity index (χ1) is 35.0. The van der Waals surface area contributed by atoms with Crippen LogP contribution < -0.4 is 5.32 Å². The average molecular weight is 1000 g/mol. The molecule has 0 aromatic heterocycles. The van der Waals surface area contributed by atoms with Crippen LogP contribution >= 0.6 is 0 Å². The van der Waals surface area contributed by atoms with E-state index in [1.165, 1.54) is 244 Å². The number of aliphatic hydroxyl groups excluding tert-OH is 3. The Labute approximate surface area is 442 Å². The van der Waals surface area contributed by atoms with Gasteiger partial charge in [-0.2, -0.15) is 0 Å². The third kappa shape index (κ3) is 54.4. The molecule has 0 bridgehead atoms. The lowest BCUT2D eigenvalue weighted by Crippen LogP contribution is -2.50.